The lowest BCUT2D eigenvalue weighted by Gasteiger charge is -2.13. The summed E-state index contributed by atoms with van der Waals surface area (Å²) in [7, 11) is 0. The Labute approximate surface area is 186 Å². The number of halogens is 1. The van der Waals surface area contributed by atoms with Crippen LogP contribution >= 0.6 is 15.9 Å². The molecule has 3 heterocycles. The third kappa shape index (κ3) is 3.66. The molecule has 0 unspecified atom stereocenters. The Hall–Kier alpha value is -3.65. The fourth-order valence-electron chi connectivity index (χ4n) is 3.53. The van der Waals surface area contributed by atoms with E-state index in [0.717, 1.165) is 4.47 Å². The Morgan fingerprint density at radius 1 is 1.03 bits per heavy atom. The minimum atomic E-state index is -0.148. The summed E-state index contributed by atoms with van der Waals surface area (Å²) in [5, 5.41) is 7.32. The molecular formula is C23H16BrN5O2. The highest BCUT2D eigenvalue weighted by atomic mass is 79.9. The number of hydrogen-bond donors (Lipinski definition) is 1. The number of carbonyl (C=O) groups is 2. The van der Waals surface area contributed by atoms with Crippen LogP contribution in [0.4, 0.5) is 0 Å². The smallest absolute Gasteiger partial charge is 0.269 e. The van der Waals surface area contributed by atoms with Crippen molar-refractivity contribution in [1.29, 1.82) is 0 Å². The van der Waals surface area contributed by atoms with Crippen molar-refractivity contribution in [3.8, 4) is 22.8 Å². The van der Waals surface area contributed by atoms with Crippen LogP contribution in [0.15, 0.2) is 71.3 Å². The van der Waals surface area contributed by atoms with Gasteiger partial charge >= 0.3 is 0 Å². The molecule has 1 aliphatic heterocycles. The van der Waals surface area contributed by atoms with Gasteiger partial charge in [-0.1, -0.05) is 40.2 Å². The molecule has 4 aromatic rings. The summed E-state index contributed by atoms with van der Waals surface area (Å²) in [5.41, 5.74) is 3.43. The van der Waals surface area contributed by atoms with E-state index in [2.05, 4.69) is 36.3 Å². The van der Waals surface area contributed by atoms with E-state index in [9.17, 15) is 9.59 Å². The fourth-order valence-corrected chi connectivity index (χ4v) is 3.79. The van der Waals surface area contributed by atoms with Crippen LogP contribution in [-0.2, 0) is 6.54 Å². The summed E-state index contributed by atoms with van der Waals surface area (Å²) in [6, 6.07) is 18.0. The molecule has 8 heteroatoms. The number of rotatable bonds is 4. The first-order chi connectivity index (χ1) is 15.1. The lowest BCUT2D eigenvalue weighted by molar-refractivity contribution is 0.0924. The van der Waals surface area contributed by atoms with Gasteiger partial charge in [-0.05, 0) is 36.4 Å². The standard InChI is InChI=1S/C23H16BrN5O2/c24-15-7-5-14(6-8-15)21(30)16-3-1-2-4-17(16)22-25-10-9-18(27-22)19-13-20-23(31)26-11-12-29(20)28-19/h1-10,13H,11-12H2,(H,26,31). The fraction of sp³-hybridized carbons (Fsp3) is 0.0870. The van der Waals surface area contributed by atoms with Gasteiger partial charge in [0.2, 0.25) is 0 Å². The third-order valence-electron chi connectivity index (χ3n) is 5.06. The van der Waals surface area contributed by atoms with Crippen LogP contribution in [0.3, 0.4) is 0 Å². The number of fused-ring (bicyclic) bond motifs is 1. The number of nitrogens with zero attached hydrogens (tertiary/aromatic N) is 4. The molecule has 5 rings (SSSR count). The number of amides is 1. The zero-order chi connectivity index (χ0) is 21.4. The average Bonchev–Trinajstić information content (AvgIpc) is 3.25. The third-order valence-corrected chi connectivity index (χ3v) is 5.59. The molecule has 0 atom stereocenters. The van der Waals surface area contributed by atoms with Gasteiger partial charge in [0, 0.05) is 33.9 Å². The van der Waals surface area contributed by atoms with E-state index in [-0.39, 0.29) is 11.7 Å². The van der Waals surface area contributed by atoms with Crippen molar-refractivity contribution < 1.29 is 9.59 Å². The van der Waals surface area contributed by atoms with Gasteiger partial charge in [0.1, 0.15) is 11.4 Å². The van der Waals surface area contributed by atoms with Crippen molar-refractivity contribution in [2.24, 2.45) is 0 Å². The Morgan fingerprint density at radius 3 is 2.65 bits per heavy atom. The topological polar surface area (TPSA) is 89.8 Å². The number of nitrogens with one attached hydrogen (secondary N) is 1. The first kappa shape index (κ1) is 19.3. The van der Waals surface area contributed by atoms with E-state index in [4.69, 9.17) is 0 Å². The predicted molar refractivity (Wildman–Crippen MR) is 119 cm³/mol. The lowest BCUT2D eigenvalue weighted by Crippen LogP contribution is -2.35. The molecule has 0 saturated carbocycles. The second kappa shape index (κ2) is 7.88. The maximum atomic E-state index is 13.1. The van der Waals surface area contributed by atoms with E-state index in [1.54, 1.807) is 41.2 Å². The number of ketones is 1. The van der Waals surface area contributed by atoms with Gasteiger partial charge < -0.3 is 5.32 Å². The van der Waals surface area contributed by atoms with Gasteiger partial charge in [0.15, 0.2) is 11.6 Å². The second-order valence-corrected chi connectivity index (χ2v) is 7.96. The van der Waals surface area contributed by atoms with Gasteiger partial charge in [-0.2, -0.15) is 5.10 Å². The summed E-state index contributed by atoms with van der Waals surface area (Å²) in [4.78, 5) is 34.2. The van der Waals surface area contributed by atoms with Crippen LogP contribution in [0.1, 0.15) is 26.4 Å². The first-order valence-corrected chi connectivity index (χ1v) is 10.5. The highest BCUT2D eigenvalue weighted by Gasteiger charge is 2.21. The maximum Gasteiger partial charge on any atom is 0.269 e. The van der Waals surface area contributed by atoms with Crippen molar-refractivity contribution in [3.05, 3.63) is 88.2 Å². The molecule has 0 fully saturated rings. The van der Waals surface area contributed by atoms with Gasteiger partial charge in [0.05, 0.1) is 12.2 Å². The SMILES string of the molecule is O=C(c1ccc(Br)cc1)c1ccccc1-c1nccc(-c2cc3n(n2)CCNC3=O)n1. The van der Waals surface area contributed by atoms with Crippen molar-refractivity contribution in [3.63, 3.8) is 0 Å². The highest BCUT2D eigenvalue weighted by molar-refractivity contribution is 9.10. The summed E-state index contributed by atoms with van der Waals surface area (Å²) in [6.45, 7) is 1.16. The minimum absolute atomic E-state index is 0.105. The summed E-state index contributed by atoms with van der Waals surface area (Å²) in [6.07, 6.45) is 1.64. The molecule has 0 bridgehead atoms. The molecule has 2 aromatic heterocycles. The van der Waals surface area contributed by atoms with Crippen molar-refractivity contribution in [2.45, 2.75) is 6.54 Å². The first-order valence-electron chi connectivity index (χ1n) is 9.69. The van der Waals surface area contributed by atoms with E-state index in [1.165, 1.54) is 0 Å². The number of carbonyl (C=O) groups excluding carboxylic acids is 2. The van der Waals surface area contributed by atoms with Gasteiger partial charge in [0.25, 0.3) is 5.91 Å². The largest absolute Gasteiger partial charge is 0.349 e. The Bertz CT molecular complexity index is 1310. The van der Waals surface area contributed by atoms with Crippen LogP contribution in [0.2, 0.25) is 0 Å². The van der Waals surface area contributed by atoms with Crippen LogP contribution in [0.25, 0.3) is 22.8 Å². The maximum absolute atomic E-state index is 13.1. The number of hydrogen-bond acceptors (Lipinski definition) is 5. The molecule has 1 N–H and O–H groups in total. The van der Waals surface area contributed by atoms with Crippen LogP contribution in [0.5, 0.6) is 0 Å². The summed E-state index contributed by atoms with van der Waals surface area (Å²) < 4.78 is 2.59. The van der Waals surface area contributed by atoms with E-state index >= 15 is 0 Å². The molecule has 1 amide bonds. The monoisotopic (exact) mass is 473 g/mol. The summed E-state index contributed by atoms with van der Waals surface area (Å²) in [5.74, 6) is 0.171. The Balaban J connectivity index is 1.55. The van der Waals surface area contributed by atoms with E-state index in [0.29, 0.717) is 52.7 Å². The van der Waals surface area contributed by atoms with Gasteiger partial charge in [-0.15, -0.1) is 0 Å². The molecule has 0 aliphatic carbocycles. The zero-order valence-corrected chi connectivity index (χ0v) is 17.8. The number of aromatic nitrogens is 4. The zero-order valence-electron chi connectivity index (χ0n) is 16.2. The Kier molecular flexibility index (Phi) is 4.91. The summed E-state index contributed by atoms with van der Waals surface area (Å²) >= 11 is 3.39. The molecule has 152 valence electrons. The molecule has 31 heavy (non-hydrogen) atoms. The molecular weight excluding hydrogens is 458 g/mol. The van der Waals surface area contributed by atoms with Crippen molar-refractivity contribution in [1.82, 2.24) is 25.1 Å². The predicted octanol–water partition coefficient (Wildman–Crippen LogP) is 3.74. The van der Waals surface area contributed by atoms with Crippen molar-refractivity contribution >= 4 is 27.6 Å². The van der Waals surface area contributed by atoms with Crippen LogP contribution < -0.4 is 5.32 Å². The van der Waals surface area contributed by atoms with Gasteiger partial charge in [-0.25, -0.2) is 9.97 Å². The molecule has 0 saturated heterocycles. The van der Waals surface area contributed by atoms with Crippen LogP contribution in [-0.4, -0.2) is 38.0 Å². The molecule has 7 nitrogen and oxygen atoms in total. The van der Waals surface area contributed by atoms with Crippen LogP contribution in [0, 0.1) is 0 Å². The molecule has 1 aliphatic rings. The minimum Gasteiger partial charge on any atom is -0.349 e. The van der Waals surface area contributed by atoms with E-state index < -0.39 is 0 Å². The molecule has 0 radical (unpaired) electrons. The van der Waals surface area contributed by atoms with E-state index in [1.807, 2.05) is 30.3 Å². The quantitative estimate of drug-likeness (QED) is 0.456. The second-order valence-electron chi connectivity index (χ2n) is 7.04. The highest BCUT2D eigenvalue weighted by Crippen LogP contribution is 2.26. The number of benzene rings is 2. The molecule has 2 aromatic carbocycles. The van der Waals surface area contributed by atoms with Gasteiger partial charge in [-0.3, -0.25) is 14.3 Å². The lowest BCUT2D eigenvalue weighted by atomic mass is 9.98. The molecule has 0 spiro atoms. The van der Waals surface area contributed by atoms with Crippen molar-refractivity contribution in [2.75, 3.05) is 6.54 Å². The normalized spacial score (nSPS) is 12.9. The Morgan fingerprint density at radius 2 is 1.84 bits per heavy atom. The average molecular weight is 474 g/mol.